The lowest BCUT2D eigenvalue weighted by Crippen LogP contribution is -2.41. The average Bonchev–Trinajstić information content (AvgIpc) is 2.70. The van der Waals surface area contributed by atoms with Gasteiger partial charge in [0.1, 0.15) is 18.1 Å². The number of hydrogen-bond donors (Lipinski definition) is 1. The number of allylic oxidation sites excluding steroid dienone is 1. The van der Waals surface area contributed by atoms with Gasteiger partial charge in [-0.1, -0.05) is 6.07 Å². The lowest BCUT2D eigenvalue weighted by molar-refractivity contribution is -0.120. The molecule has 1 amide bonds. The number of nitrogens with one attached hydrogen (secondary N) is 1. The van der Waals surface area contributed by atoms with Crippen LogP contribution >= 0.6 is 0 Å². The molecule has 2 aliphatic heterocycles. The molecule has 0 unspecified atom stereocenters. The van der Waals surface area contributed by atoms with E-state index in [0.717, 1.165) is 43.8 Å². The summed E-state index contributed by atoms with van der Waals surface area (Å²) < 4.78 is 41.7. The largest absolute Gasteiger partial charge is 0.488 e. The topological polar surface area (TPSA) is 60.0 Å². The Morgan fingerprint density at radius 2 is 2.07 bits per heavy atom. The number of rotatable bonds is 8. The molecule has 0 radical (unpaired) electrons. The maximum Gasteiger partial charge on any atom is 0.272 e. The van der Waals surface area contributed by atoms with E-state index in [9.17, 15) is 13.6 Å². The Labute approximate surface area is 169 Å². The molecule has 1 aromatic carbocycles. The molecule has 8 heteroatoms. The lowest BCUT2D eigenvalue weighted by atomic mass is 10.1. The van der Waals surface area contributed by atoms with Crippen molar-refractivity contribution >= 4 is 5.91 Å². The van der Waals surface area contributed by atoms with Crippen LogP contribution in [0.1, 0.15) is 32.3 Å². The molecule has 0 saturated carbocycles. The number of piperidine rings is 1. The van der Waals surface area contributed by atoms with Crippen molar-refractivity contribution in [1.82, 2.24) is 10.2 Å². The molecule has 6 nitrogen and oxygen atoms in total. The second-order valence-corrected chi connectivity index (χ2v) is 7.44. The fourth-order valence-corrected chi connectivity index (χ4v) is 3.50. The Bertz CT molecular complexity index is 733. The molecular formula is C21H28F2N2O4. The molecule has 160 valence electrons. The molecule has 3 rings (SSSR count). The second-order valence-electron chi connectivity index (χ2n) is 7.44. The Kier molecular flexibility index (Phi) is 7.30. The highest BCUT2D eigenvalue weighted by atomic mass is 19.3. The first-order chi connectivity index (χ1) is 13.9. The molecule has 1 fully saturated rings. The Morgan fingerprint density at radius 3 is 2.76 bits per heavy atom. The van der Waals surface area contributed by atoms with Crippen LogP contribution in [0.15, 0.2) is 30.2 Å². The zero-order valence-corrected chi connectivity index (χ0v) is 16.8. The number of alkyl halides is 2. The van der Waals surface area contributed by atoms with Crippen LogP contribution in [0.25, 0.3) is 0 Å². The molecular weight excluding hydrogens is 382 g/mol. The van der Waals surface area contributed by atoms with Gasteiger partial charge in [-0.25, -0.2) is 8.78 Å². The van der Waals surface area contributed by atoms with Gasteiger partial charge < -0.3 is 24.4 Å². The third-order valence-corrected chi connectivity index (χ3v) is 4.91. The van der Waals surface area contributed by atoms with Gasteiger partial charge in [-0.05, 0) is 43.9 Å². The highest BCUT2D eigenvalue weighted by Crippen LogP contribution is 2.32. The summed E-state index contributed by atoms with van der Waals surface area (Å²) in [7, 11) is 0. The highest BCUT2D eigenvalue weighted by molar-refractivity contribution is 5.73. The Balaban J connectivity index is 1.48. The molecule has 1 aromatic rings. The predicted octanol–water partition coefficient (Wildman–Crippen LogP) is 3.11. The van der Waals surface area contributed by atoms with Gasteiger partial charge in [0.05, 0.1) is 12.7 Å². The maximum absolute atomic E-state index is 12.3. The van der Waals surface area contributed by atoms with Crippen LogP contribution in [-0.2, 0) is 16.0 Å². The smallest absolute Gasteiger partial charge is 0.272 e. The summed E-state index contributed by atoms with van der Waals surface area (Å²) in [6, 6.07) is 5.20. The van der Waals surface area contributed by atoms with Crippen molar-refractivity contribution < 1.29 is 27.8 Å². The number of amides is 1. The first-order valence-electron chi connectivity index (χ1n) is 9.96. The van der Waals surface area contributed by atoms with Gasteiger partial charge in [0.25, 0.3) is 6.43 Å². The first kappa shape index (κ1) is 21.4. The molecule has 1 atom stereocenters. The fourth-order valence-electron chi connectivity index (χ4n) is 3.50. The van der Waals surface area contributed by atoms with Gasteiger partial charge >= 0.3 is 0 Å². The number of ether oxygens (including phenoxy) is 3. The van der Waals surface area contributed by atoms with Gasteiger partial charge in [0, 0.05) is 32.1 Å². The van der Waals surface area contributed by atoms with E-state index < -0.39 is 13.0 Å². The van der Waals surface area contributed by atoms with Crippen molar-refractivity contribution in [1.29, 1.82) is 0 Å². The molecule has 0 aliphatic carbocycles. The van der Waals surface area contributed by atoms with Crippen LogP contribution in [-0.4, -0.2) is 55.7 Å². The number of fused-ring (bicyclic) bond motifs is 1. The maximum atomic E-state index is 12.3. The van der Waals surface area contributed by atoms with Gasteiger partial charge in [-0.15, -0.1) is 0 Å². The van der Waals surface area contributed by atoms with Crippen LogP contribution < -0.4 is 14.8 Å². The molecule has 1 saturated heterocycles. The van der Waals surface area contributed by atoms with E-state index >= 15 is 0 Å². The summed E-state index contributed by atoms with van der Waals surface area (Å²) in [6.07, 6.45) is 2.17. The summed E-state index contributed by atoms with van der Waals surface area (Å²) in [5, 5.41) is 2.82. The van der Waals surface area contributed by atoms with Gasteiger partial charge in [0.15, 0.2) is 5.88 Å². The van der Waals surface area contributed by atoms with Crippen molar-refractivity contribution in [2.75, 3.05) is 26.3 Å². The summed E-state index contributed by atoms with van der Waals surface area (Å²) in [5.74, 6) is 1.76. The molecule has 0 aromatic heterocycles. The van der Waals surface area contributed by atoms with E-state index in [2.05, 4.69) is 10.2 Å². The summed E-state index contributed by atoms with van der Waals surface area (Å²) >= 11 is 0. The molecule has 2 aliphatic rings. The van der Waals surface area contributed by atoms with E-state index in [4.69, 9.17) is 14.2 Å². The standard InChI is InChI=1S/C21H28F2N2O4/c1-14(24-15(2)26)12-27-17-7-9-25(10-8-17)21-6-4-16-3-5-18(11-19(16)29-21)28-13-20(22)23/h3,5-6,11,14,17,20H,4,7-10,12-13H2,1-2H3,(H,24,26)/t14-/m0/s1. The summed E-state index contributed by atoms with van der Waals surface area (Å²) in [5.41, 5.74) is 1.00. The van der Waals surface area contributed by atoms with E-state index in [1.54, 1.807) is 12.1 Å². The van der Waals surface area contributed by atoms with Crippen molar-refractivity contribution in [2.24, 2.45) is 0 Å². The van der Waals surface area contributed by atoms with E-state index in [1.165, 1.54) is 6.92 Å². The number of benzene rings is 1. The van der Waals surface area contributed by atoms with Crippen LogP contribution in [0.5, 0.6) is 11.5 Å². The number of carbonyl (C=O) groups excluding carboxylic acids is 1. The quantitative estimate of drug-likeness (QED) is 0.714. The zero-order valence-electron chi connectivity index (χ0n) is 16.8. The van der Waals surface area contributed by atoms with Crippen LogP contribution in [0.3, 0.4) is 0 Å². The number of hydrogen-bond acceptors (Lipinski definition) is 5. The number of nitrogens with zero attached hydrogens (tertiary/aromatic N) is 1. The molecule has 1 N–H and O–H groups in total. The first-order valence-corrected chi connectivity index (χ1v) is 9.96. The van der Waals surface area contributed by atoms with Crippen molar-refractivity contribution in [3.8, 4) is 11.5 Å². The minimum Gasteiger partial charge on any atom is -0.488 e. The monoisotopic (exact) mass is 410 g/mol. The lowest BCUT2D eigenvalue weighted by Gasteiger charge is -2.36. The zero-order chi connectivity index (χ0) is 20.8. The van der Waals surface area contributed by atoms with Crippen LogP contribution in [0.2, 0.25) is 0 Å². The third-order valence-electron chi connectivity index (χ3n) is 4.91. The SMILES string of the molecule is CC(=O)N[C@@H](C)COC1CCN(C2=CCc3ccc(OCC(F)F)cc3O2)CC1. The second kappa shape index (κ2) is 9.91. The predicted molar refractivity (Wildman–Crippen MR) is 104 cm³/mol. The number of likely N-dealkylation sites (tertiary alicyclic amines) is 1. The fraction of sp³-hybridized carbons (Fsp3) is 0.571. The molecule has 29 heavy (non-hydrogen) atoms. The number of halogens is 2. The van der Waals surface area contributed by atoms with E-state index in [1.807, 2.05) is 19.1 Å². The van der Waals surface area contributed by atoms with Crippen molar-refractivity contribution in [3.05, 3.63) is 35.7 Å². The van der Waals surface area contributed by atoms with Gasteiger partial charge in [-0.3, -0.25) is 4.79 Å². The minimum atomic E-state index is -2.51. The Hall–Kier alpha value is -2.35. The number of carbonyl (C=O) groups is 1. The van der Waals surface area contributed by atoms with E-state index in [0.29, 0.717) is 18.1 Å². The molecule has 2 heterocycles. The van der Waals surface area contributed by atoms with Gasteiger partial charge in [-0.2, -0.15) is 0 Å². The third kappa shape index (κ3) is 6.32. The summed E-state index contributed by atoms with van der Waals surface area (Å²) in [4.78, 5) is 13.2. The normalized spacial score (nSPS) is 18.0. The van der Waals surface area contributed by atoms with Crippen LogP contribution in [0, 0.1) is 0 Å². The van der Waals surface area contributed by atoms with E-state index in [-0.39, 0.29) is 18.1 Å². The average molecular weight is 410 g/mol. The van der Waals surface area contributed by atoms with Crippen molar-refractivity contribution in [3.63, 3.8) is 0 Å². The summed E-state index contributed by atoms with van der Waals surface area (Å²) in [6.45, 7) is 4.91. The molecule has 0 bridgehead atoms. The molecule has 0 spiro atoms. The van der Waals surface area contributed by atoms with Crippen molar-refractivity contribution in [2.45, 2.75) is 51.7 Å². The van der Waals surface area contributed by atoms with Gasteiger partial charge in [0.2, 0.25) is 5.91 Å². The minimum absolute atomic E-state index is 0.00657. The Morgan fingerprint density at radius 1 is 1.31 bits per heavy atom. The highest BCUT2D eigenvalue weighted by Gasteiger charge is 2.25. The van der Waals surface area contributed by atoms with Crippen LogP contribution in [0.4, 0.5) is 8.78 Å².